The zero-order valence-electron chi connectivity index (χ0n) is 20.0. The number of rotatable bonds is 0. The minimum atomic E-state index is -3.15. The SMILES string of the molecule is CC(C)(C)OC(=O)N1CCC2(CC1)C(N)CCS2(=O)=O.NC1CCS(=O)(=O)C12CCNCC2. The number of carbonyl (C=O) groups is 1. The van der Waals surface area contributed by atoms with Crippen LogP contribution in [-0.2, 0) is 24.4 Å². The van der Waals surface area contributed by atoms with Gasteiger partial charge < -0.3 is 26.4 Å². The molecule has 2 unspecified atom stereocenters. The van der Waals surface area contributed by atoms with Crippen molar-refractivity contribution in [1.82, 2.24) is 10.2 Å². The third-order valence-electron chi connectivity index (χ3n) is 7.70. The van der Waals surface area contributed by atoms with Gasteiger partial charge in [0.05, 0.1) is 21.0 Å². The Kier molecular flexibility index (Phi) is 7.47. The molecule has 2 spiro atoms. The summed E-state index contributed by atoms with van der Waals surface area (Å²) in [5, 5.41) is 3.17. The Morgan fingerprint density at radius 2 is 1.30 bits per heavy atom. The van der Waals surface area contributed by atoms with Crippen molar-refractivity contribution in [2.45, 2.75) is 86.5 Å². The number of nitrogens with zero attached hydrogens (tertiary/aromatic N) is 1. The van der Waals surface area contributed by atoms with E-state index in [9.17, 15) is 21.6 Å². The molecule has 12 heteroatoms. The fourth-order valence-electron chi connectivity index (χ4n) is 5.57. The van der Waals surface area contributed by atoms with Gasteiger partial charge in [-0.1, -0.05) is 0 Å². The zero-order valence-corrected chi connectivity index (χ0v) is 21.6. The quantitative estimate of drug-likeness (QED) is 0.413. The van der Waals surface area contributed by atoms with Gasteiger partial charge in [0.2, 0.25) is 0 Å². The number of nitrogens with one attached hydrogen (secondary N) is 1. The normalized spacial score (nSPS) is 31.7. The van der Waals surface area contributed by atoms with E-state index < -0.39 is 34.8 Å². The first kappa shape index (κ1) is 26.7. The maximum Gasteiger partial charge on any atom is 0.410 e. The summed E-state index contributed by atoms with van der Waals surface area (Å²) in [6.07, 6.45) is 2.99. The first-order valence-electron chi connectivity index (χ1n) is 11.8. The molecule has 5 N–H and O–H groups in total. The molecule has 0 saturated carbocycles. The lowest BCUT2D eigenvalue weighted by molar-refractivity contribution is 0.0189. The third kappa shape index (κ3) is 5.05. The van der Waals surface area contributed by atoms with E-state index in [1.807, 2.05) is 20.8 Å². The number of amides is 1. The Morgan fingerprint density at radius 1 is 0.879 bits per heavy atom. The minimum Gasteiger partial charge on any atom is -0.444 e. The van der Waals surface area contributed by atoms with Crippen molar-refractivity contribution in [1.29, 1.82) is 0 Å². The second-order valence-corrected chi connectivity index (χ2v) is 15.7. The van der Waals surface area contributed by atoms with Gasteiger partial charge in [-0.2, -0.15) is 0 Å². The smallest absolute Gasteiger partial charge is 0.410 e. The molecule has 0 radical (unpaired) electrons. The lowest BCUT2D eigenvalue weighted by atomic mass is 9.88. The summed E-state index contributed by atoms with van der Waals surface area (Å²) in [6.45, 7) is 7.79. The van der Waals surface area contributed by atoms with Gasteiger partial charge in [0.25, 0.3) is 0 Å². The van der Waals surface area contributed by atoms with Crippen molar-refractivity contribution < 1.29 is 26.4 Å². The average molecular weight is 509 g/mol. The van der Waals surface area contributed by atoms with E-state index in [1.54, 1.807) is 4.90 Å². The van der Waals surface area contributed by atoms with Crippen LogP contribution in [0.2, 0.25) is 0 Å². The molecule has 4 rings (SSSR count). The highest BCUT2D eigenvalue weighted by atomic mass is 32.2. The highest BCUT2D eigenvalue weighted by Gasteiger charge is 2.55. The van der Waals surface area contributed by atoms with Crippen molar-refractivity contribution in [3.8, 4) is 0 Å². The lowest BCUT2D eigenvalue weighted by Crippen LogP contribution is -2.56. The van der Waals surface area contributed by atoms with E-state index in [0.29, 0.717) is 51.6 Å². The molecule has 0 aromatic rings. The van der Waals surface area contributed by atoms with Gasteiger partial charge >= 0.3 is 6.09 Å². The summed E-state index contributed by atoms with van der Waals surface area (Å²) in [5.74, 6) is 0.453. The van der Waals surface area contributed by atoms with Crippen LogP contribution in [-0.4, -0.2) is 92.7 Å². The van der Waals surface area contributed by atoms with Gasteiger partial charge in [-0.05, 0) is 72.4 Å². The van der Waals surface area contributed by atoms with Crippen LogP contribution in [0.15, 0.2) is 0 Å². The number of sulfone groups is 2. The molecule has 4 fully saturated rings. The van der Waals surface area contributed by atoms with Crippen LogP contribution in [0.25, 0.3) is 0 Å². The molecule has 192 valence electrons. The molecule has 4 aliphatic rings. The molecule has 33 heavy (non-hydrogen) atoms. The molecule has 4 saturated heterocycles. The van der Waals surface area contributed by atoms with Crippen molar-refractivity contribution in [2.75, 3.05) is 37.7 Å². The Balaban J connectivity index is 0.000000203. The molecule has 10 nitrogen and oxygen atoms in total. The Morgan fingerprint density at radius 3 is 1.67 bits per heavy atom. The maximum absolute atomic E-state index is 12.2. The predicted octanol–water partition coefficient (Wildman–Crippen LogP) is 0.156. The van der Waals surface area contributed by atoms with Gasteiger partial charge in [-0.25, -0.2) is 21.6 Å². The Bertz CT molecular complexity index is 930. The molecule has 0 aromatic carbocycles. The summed E-state index contributed by atoms with van der Waals surface area (Å²) in [5.41, 5.74) is 11.4. The summed E-state index contributed by atoms with van der Waals surface area (Å²) >= 11 is 0. The first-order chi connectivity index (χ1) is 15.2. The van der Waals surface area contributed by atoms with Crippen LogP contribution >= 0.6 is 0 Å². The number of likely N-dealkylation sites (tertiary alicyclic amines) is 1. The van der Waals surface area contributed by atoms with Gasteiger partial charge in [-0.3, -0.25) is 0 Å². The van der Waals surface area contributed by atoms with E-state index in [2.05, 4.69) is 5.32 Å². The monoisotopic (exact) mass is 508 g/mol. The number of ether oxygens (including phenoxy) is 1. The molecule has 2 atom stereocenters. The van der Waals surface area contributed by atoms with E-state index in [1.165, 1.54) is 0 Å². The van der Waals surface area contributed by atoms with Gasteiger partial charge in [-0.15, -0.1) is 0 Å². The Labute approximate surface area is 198 Å². The van der Waals surface area contributed by atoms with Crippen LogP contribution in [0.4, 0.5) is 4.79 Å². The standard InChI is InChI=1S/C13H24N2O4S.C8H16N2O2S/c1-12(2,3)19-11(16)15-7-5-13(6-8-15)10(14)4-9-20(13,17)18;9-7-1-6-13(11,12)8(7)2-4-10-5-3-8/h10H,4-9,14H2,1-3H3;7,10H,1-6,9H2. The number of carbonyl (C=O) groups excluding carboxylic acids is 1. The van der Waals surface area contributed by atoms with Crippen molar-refractivity contribution in [2.24, 2.45) is 11.5 Å². The molecule has 0 aliphatic carbocycles. The number of hydrogen-bond acceptors (Lipinski definition) is 9. The summed E-state index contributed by atoms with van der Waals surface area (Å²) < 4.78 is 52.1. The van der Waals surface area contributed by atoms with Crippen LogP contribution in [0.3, 0.4) is 0 Å². The third-order valence-corrected chi connectivity index (χ3v) is 13.1. The number of hydrogen-bond donors (Lipinski definition) is 3. The molecule has 1 amide bonds. The minimum absolute atomic E-state index is 0.139. The fraction of sp³-hybridized carbons (Fsp3) is 0.952. The van der Waals surface area contributed by atoms with E-state index in [-0.39, 0.29) is 29.7 Å². The van der Waals surface area contributed by atoms with Crippen LogP contribution in [0.1, 0.15) is 59.3 Å². The van der Waals surface area contributed by atoms with Crippen molar-refractivity contribution in [3.05, 3.63) is 0 Å². The molecule has 0 bridgehead atoms. The van der Waals surface area contributed by atoms with Crippen molar-refractivity contribution >= 4 is 25.8 Å². The molecule has 0 aromatic heterocycles. The van der Waals surface area contributed by atoms with E-state index in [4.69, 9.17) is 16.2 Å². The average Bonchev–Trinajstić information content (AvgIpc) is 3.08. The second-order valence-electron chi connectivity index (χ2n) is 10.8. The fourth-order valence-corrected chi connectivity index (χ4v) is 10.3. The van der Waals surface area contributed by atoms with Gasteiger partial charge in [0.1, 0.15) is 5.60 Å². The van der Waals surface area contributed by atoms with E-state index in [0.717, 1.165) is 13.1 Å². The van der Waals surface area contributed by atoms with Gasteiger partial charge in [0.15, 0.2) is 19.7 Å². The largest absolute Gasteiger partial charge is 0.444 e. The maximum atomic E-state index is 12.2. The summed E-state index contributed by atoms with van der Waals surface area (Å²) in [6, 6.07) is -0.451. The second kappa shape index (κ2) is 9.25. The molecular weight excluding hydrogens is 468 g/mol. The number of nitrogens with two attached hydrogens (primary N) is 2. The summed E-state index contributed by atoms with van der Waals surface area (Å²) in [4.78, 5) is 13.6. The molecular formula is C21H40N4O6S2. The van der Waals surface area contributed by atoms with E-state index >= 15 is 0 Å². The highest BCUT2D eigenvalue weighted by Crippen LogP contribution is 2.40. The van der Waals surface area contributed by atoms with Crippen LogP contribution < -0.4 is 16.8 Å². The Hall–Kier alpha value is -0.950. The van der Waals surface area contributed by atoms with Crippen LogP contribution in [0, 0.1) is 0 Å². The molecule has 4 heterocycles. The topological polar surface area (TPSA) is 162 Å². The lowest BCUT2D eigenvalue weighted by Gasteiger charge is -2.40. The van der Waals surface area contributed by atoms with Gasteiger partial charge in [0, 0.05) is 25.2 Å². The summed E-state index contributed by atoms with van der Waals surface area (Å²) in [7, 11) is -6.07. The van der Waals surface area contributed by atoms with Crippen molar-refractivity contribution in [3.63, 3.8) is 0 Å². The predicted molar refractivity (Wildman–Crippen MR) is 127 cm³/mol. The highest BCUT2D eigenvalue weighted by molar-refractivity contribution is 7.93. The van der Waals surface area contributed by atoms with Crippen LogP contribution in [0.5, 0.6) is 0 Å². The zero-order chi connectivity index (χ0) is 24.7. The first-order valence-corrected chi connectivity index (χ1v) is 15.1. The molecule has 4 aliphatic heterocycles. The number of piperidine rings is 2.